The third-order valence-electron chi connectivity index (χ3n) is 2.82. The number of aromatic amines is 1. The molecule has 0 fully saturated rings. The molecular formula is C15H17N5O4S. The minimum Gasteiger partial charge on any atom is -0.347 e. The number of rotatable bonds is 6. The lowest BCUT2D eigenvalue weighted by Gasteiger charge is -2.04. The molecule has 2 aromatic rings. The molecule has 1 aromatic carbocycles. The van der Waals surface area contributed by atoms with E-state index in [-0.39, 0.29) is 18.1 Å². The lowest BCUT2D eigenvalue weighted by atomic mass is 10.3. The third kappa shape index (κ3) is 6.47. The van der Waals surface area contributed by atoms with Crippen LogP contribution in [0.2, 0.25) is 0 Å². The van der Waals surface area contributed by atoms with Crippen molar-refractivity contribution in [3.8, 4) is 0 Å². The number of H-pyrrole nitrogens is 1. The zero-order valence-electron chi connectivity index (χ0n) is 13.3. The van der Waals surface area contributed by atoms with Gasteiger partial charge in [-0.3, -0.25) is 15.2 Å². The van der Waals surface area contributed by atoms with Gasteiger partial charge in [0.15, 0.2) is 15.7 Å². The van der Waals surface area contributed by atoms with Gasteiger partial charge in [0.1, 0.15) is 5.69 Å². The summed E-state index contributed by atoms with van der Waals surface area (Å²) in [5.41, 5.74) is 0.744. The monoisotopic (exact) mass is 363 g/mol. The van der Waals surface area contributed by atoms with Crippen LogP contribution in [0.3, 0.4) is 0 Å². The zero-order chi connectivity index (χ0) is 18.3. The van der Waals surface area contributed by atoms with Crippen LogP contribution in [0.5, 0.6) is 0 Å². The number of sulfone groups is 1. The summed E-state index contributed by atoms with van der Waals surface area (Å²) in [5.74, 6) is -0.313. The van der Waals surface area contributed by atoms with Crippen molar-refractivity contribution in [2.75, 3.05) is 23.4 Å². The second-order valence-corrected chi connectivity index (χ2v) is 6.95. The molecule has 0 atom stereocenters. The van der Waals surface area contributed by atoms with Crippen molar-refractivity contribution in [1.82, 2.24) is 15.5 Å². The first-order valence-electron chi connectivity index (χ1n) is 7.17. The van der Waals surface area contributed by atoms with E-state index in [2.05, 4.69) is 26.1 Å². The number of aromatic nitrogens is 2. The Bertz CT molecular complexity index is 874. The predicted octanol–water partition coefficient (Wildman–Crippen LogP) is 1.34. The van der Waals surface area contributed by atoms with E-state index in [0.717, 1.165) is 11.7 Å². The highest BCUT2D eigenvalue weighted by atomic mass is 32.2. The average Bonchev–Trinajstić information content (AvgIpc) is 3.00. The number of hydrogen-bond acceptors (Lipinski definition) is 5. The first-order chi connectivity index (χ1) is 11.8. The smallest absolute Gasteiger partial charge is 0.324 e. The molecule has 10 heteroatoms. The molecular weight excluding hydrogens is 346 g/mol. The van der Waals surface area contributed by atoms with Gasteiger partial charge in [-0.1, -0.05) is 24.3 Å². The van der Waals surface area contributed by atoms with E-state index in [4.69, 9.17) is 0 Å². The Labute approximate surface area is 144 Å². The van der Waals surface area contributed by atoms with Gasteiger partial charge in [-0.2, -0.15) is 5.10 Å². The Morgan fingerprint density at radius 3 is 2.60 bits per heavy atom. The van der Waals surface area contributed by atoms with E-state index in [9.17, 15) is 18.0 Å². The summed E-state index contributed by atoms with van der Waals surface area (Å²) in [6.07, 6.45) is 2.37. The molecule has 2 rings (SSSR count). The van der Waals surface area contributed by atoms with Crippen LogP contribution in [0.1, 0.15) is 10.5 Å². The molecule has 0 saturated carbocycles. The van der Waals surface area contributed by atoms with E-state index >= 15 is 0 Å². The largest absolute Gasteiger partial charge is 0.347 e. The average molecular weight is 363 g/mol. The van der Waals surface area contributed by atoms with E-state index in [0.29, 0.717) is 5.69 Å². The van der Waals surface area contributed by atoms with E-state index in [1.807, 2.05) is 6.07 Å². The second kappa shape index (κ2) is 8.11. The van der Waals surface area contributed by atoms with E-state index in [1.54, 1.807) is 24.3 Å². The van der Waals surface area contributed by atoms with Crippen LogP contribution in [0.4, 0.5) is 16.3 Å². The van der Waals surface area contributed by atoms with Crippen LogP contribution in [-0.2, 0) is 9.84 Å². The van der Waals surface area contributed by atoms with Gasteiger partial charge in [-0.15, -0.1) is 0 Å². The fourth-order valence-electron chi connectivity index (χ4n) is 1.77. The van der Waals surface area contributed by atoms with Crippen molar-refractivity contribution in [1.29, 1.82) is 0 Å². The van der Waals surface area contributed by atoms with Gasteiger partial charge in [0, 0.05) is 30.0 Å². The van der Waals surface area contributed by atoms with Gasteiger partial charge in [-0.05, 0) is 12.1 Å². The maximum absolute atomic E-state index is 11.9. The molecule has 0 radical (unpaired) electrons. The fraction of sp³-hybridized carbons (Fsp3) is 0.133. The molecule has 0 bridgehead atoms. The number of benzene rings is 1. The van der Waals surface area contributed by atoms with Gasteiger partial charge < -0.3 is 10.6 Å². The Morgan fingerprint density at radius 1 is 1.20 bits per heavy atom. The molecule has 9 nitrogen and oxygen atoms in total. The Morgan fingerprint density at radius 2 is 1.92 bits per heavy atom. The number of amides is 3. The van der Waals surface area contributed by atoms with Crippen molar-refractivity contribution in [2.45, 2.75) is 0 Å². The summed E-state index contributed by atoms with van der Waals surface area (Å²) in [6.45, 7) is 0.0438. The van der Waals surface area contributed by atoms with Gasteiger partial charge >= 0.3 is 6.03 Å². The molecule has 4 N–H and O–H groups in total. The molecule has 0 aliphatic heterocycles. The van der Waals surface area contributed by atoms with Gasteiger partial charge in [-0.25, -0.2) is 13.2 Å². The molecule has 1 aromatic heterocycles. The molecule has 25 heavy (non-hydrogen) atoms. The molecule has 132 valence electrons. The number of nitrogens with zero attached hydrogens (tertiary/aromatic N) is 1. The minimum atomic E-state index is -3.23. The van der Waals surface area contributed by atoms with Crippen molar-refractivity contribution in [3.05, 3.63) is 53.6 Å². The van der Waals surface area contributed by atoms with Crippen LogP contribution < -0.4 is 16.0 Å². The lowest BCUT2D eigenvalue weighted by molar-refractivity contribution is 0.0953. The van der Waals surface area contributed by atoms with Crippen LogP contribution in [0, 0.1) is 0 Å². The number of nitrogens with one attached hydrogen (secondary N) is 4. The highest BCUT2D eigenvalue weighted by Crippen LogP contribution is 2.08. The fourth-order valence-corrected chi connectivity index (χ4v) is 2.22. The molecule has 1 heterocycles. The van der Waals surface area contributed by atoms with Crippen molar-refractivity contribution < 1.29 is 18.0 Å². The third-order valence-corrected chi connectivity index (χ3v) is 3.51. The number of para-hydroxylation sites is 1. The van der Waals surface area contributed by atoms with Gasteiger partial charge in [0.05, 0.1) is 0 Å². The molecule has 0 aliphatic rings. The van der Waals surface area contributed by atoms with Crippen molar-refractivity contribution in [3.63, 3.8) is 0 Å². The molecule has 3 amide bonds. The molecule has 0 unspecified atom stereocenters. The summed E-state index contributed by atoms with van der Waals surface area (Å²) in [6, 6.07) is 9.71. The van der Waals surface area contributed by atoms with Crippen LogP contribution in [0.25, 0.3) is 0 Å². The normalized spacial score (nSPS) is 11.2. The highest BCUT2D eigenvalue weighted by Gasteiger charge is 2.11. The Hall–Kier alpha value is -3.14. The quantitative estimate of drug-likeness (QED) is 0.615. The van der Waals surface area contributed by atoms with E-state index in [1.165, 1.54) is 12.1 Å². The summed E-state index contributed by atoms with van der Waals surface area (Å²) in [7, 11) is -3.23. The maximum atomic E-state index is 11.9. The van der Waals surface area contributed by atoms with Crippen LogP contribution in [-0.4, -0.2) is 43.4 Å². The summed E-state index contributed by atoms with van der Waals surface area (Å²) in [4.78, 5) is 23.7. The zero-order valence-corrected chi connectivity index (χ0v) is 14.1. The Balaban J connectivity index is 1.85. The number of urea groups is 1. The number of carbonyl (C=O) groups is 2. The maximum Gasteiger partial charge on any atom is 0.324 e. The topological polar surface area (TPSA) is 133 Å². The minimum absolute atomic E-state index is 0.0438. The predicted molar refractivity (Wildman–Crippen MR) is 94.0 cm³/mol. The lowest BCUT2D eigenvalue weighted by Crippen LogP contribution is -2.23. The van der Waals surface area contributed by atoms with Gasteiger partial charge in [0.2, 0.25) is 0 Å². The van der Waals surface area contributed by atoms with Crippen molar-refractivity contribution in [2.24, 2.45) is 0 Å². The summed E-state index contributed by atoms with van der Waals surface area (Å²) < 4.78 is 21.8. The SMILES string of the molecule is CS(=O)(=O)/C=C/CNC(=O)c1cc(NC(=O)Nc2ccccc2)n[nH]1. The molecule has 0 saturated heterocycles. The number of carbonyl (C=O) groups excluding carboxylic acids is 2. The second-order valence-electron chi connectivity index (χ2n) is 5.02. The first-order valence-corrected chi connectivity index (χ1v) is 9.12. The number of hydrogen-bond donors (Lipinski definition) is 4. The standard InChI is InChI=1S/C15H17N5O4S/c1-25(23,24)9-5-8-16-14(21)12-10-13(20-19-12)18-15(22)17-11-6-3-2-4-7-11/h2-7,9-10H,8H2,1H3,(H,16,21)(H3,17,18,19,20,22)/b9-5+. The van der Waals surface area contributed by atoms with E-state index < -0.39 is 21.8 Å². The molecule has 0 aliphatic carbocycles. The first kappa shape index (κ1) is 18.2. The number of anilines is 2. The van der Waals surface area contributed by atoms with Crippen LogP contribution >= 0.6 is 0 Å². The summed E-state index contributed by atoms with van der Waals surface area (Å²) in [5, 5.41) is 14.9. The summed E-state index contributed by atoms with van der Waals surface area (Å²) >= 11 is 0. The molecule has 0 spiro atoms. The highest BCUT2D eigenvalue weighted by molar-refractivity contribution is 7.93. The van der Waals surface area contributed by atoms with Crippen LogP contribution in [0.15, 0.2) is 47.9 Å². The van der Waals surface area contributed by atoms with Crippen molar-refractivity contribution >= 4 is 33.3 Å². The Kier molecular flexibility index (Phi) is 5.90. The van der Waals surface area contributed by atoms with Gasteiger partial charge in [0.25, 0.3) is 5.91 Å².